The maximum atomic E-state index is 13.6. The van der Waals surface area contributed by atoms with E-state index < -0.39 is 11.6 Å². The van der Waals surface area contributed by atoms with Crippen molar-refractivity contribution in [3.63, 3.8) is 0 Å². The zero-order chi connectivity index (χ0) is 26.7. The lowest BCUT2D eigenvalue weighted by atomic mass is 9.85. The molecule has 2 atom stereocenters. The van der Waals surface area contributed by atoms with Crippen molar-refractivity contribution in [3.05, 3.63) is 73.9 Å². The molecule has 0 spiro atoms. The predicted molar refractivity (Wildman–Crippen MR) is 148 cm³/mol. The number of fused-ring (bicyclic) bond motifs is 5. The highest BCUT2D eigenvalue weighted by atomic mass is 33.1. The molecule has 0 amide bonds. The minimum absolute atomic E-state index is 0.0758. The van der Waals surface area contributed by atoms with Crippen LogP contribution < -0.4 is 5.56 Å². The Morgan fingerprint density at radius 1 is 1.29 bits per heavy atom. The van der Waals surface area contributed by atoms with Crippen molar-refractivity contribution >= 4 is 38.5 Å². The van der Waals surface area contributed by atoms with E-state index in [1.807, 2.05) is 44.2 Å². The van der Waals surface area contributed by atoms with Crippen LogP contribution in [0.25, 0.3) is 32.7 Å². The molecular weight excluding hydrogens is 526 g/mol. The summed E-state index contributed by atoms with van der Waals surface area (Å²) >= 11 is 0. The van der Waals surface area contributed by atoms with Crippen LogP contribution >= 0.6 is 21.6 Å². The van der Waals surface area contributed by atoms with E-state index in [4.69, 9.17) is 24.7 Å². The number of aromatic nitrogens is 2. The molecule has 4 heterocycles. The number of esters is 1. The number of cyclic esters (lactones) is 1. The molecule has 0 bridgehead atoms. The third-order valence-corrected chi connectivity index (χ3v) is 9.22. The van der Waals surface area contributed by atoms with Crippen LogP contribution in [0.1, 0.15) is 37.0 Å². The van der Waals surface area contributed by atoms with Gasteiger partial charge in [-0.2, -0.15) is 0 Å². The third-order valence-electron chi connectivity index (χ3n) is 6.67. The summed E-state index contributed by atoms with van der Waals surface area (Å²) in [7, 11) is 3.03. The molecule has 1 unspecified atom stereocenters. The summed E-state index contributed by atoms with van der Waals surface area (Å²) in [6.45, 7) is 5.26. The van der Waals surface area contributed by atoms with Crippen molar-refractivity contribution in [2.45, 2.75) is 44.5 Å². The van der Waals surface area contributed by atoms with E-state index in [0.717, 1.165) is 22.2 Å². The minimum Gasteiger partial charge on any atom is -0.458 e. The number of rotatable bonds is 11. The van der Waals surface area contributed by atoms with Gasteiger partial charge in [0.2, 0.25) is 0 Å². The summed E-state index contributed by atoms with van der Waals surface area (Å²) in [4.78, 5) is 34.4. The molecule has 0 N–H and O–H groups in total. The zero-order valence-corrected chi connectivity index (χ0v) is 22.7. The van der Waals surface area contributed by atoms with Gasteiger partial charge in [0.15, 0.2) is 5.60 Å². The molecule has 2 aliphatic rings. The van der Waals surface area contributed by atoms with E-state index in [0.29, 0.717) is 55.3 Å². The van der Waals surface area contributed by atoms with Gasteiger partial charge in [-0.25, -0.2) is 9.78 Å². The molecule has 3 aromatic rings. The maximum absolute atomic E-state index is 13.6. The van der Waals surface area contributed by atoms with Crippen molar-refractivity contribution in [3.8, 4) is 11.4 Å². The van der Waals surface area contributed by atoms with Crippen molar-refractivity contribution < 1.29 is 19.0 Å². The summed E-state index contributed by atoms with van der Waals surface area (Å²) < 4.78 is 19.1. The van der Waals surface area contributed by atoms with Gasteiger partial charge in [0.1, 0.15) is 12.0 Å². The monoisotopic (exact) mass is 553 g/mol. The molecule has 1 aromatic carbocycles. The first-order valence-electron chi connectivity index (χ1n) is 12.4. The Bertz CT molecular complexity index is 1490. The van der Waals surface area contributed by atoms with Crippen LogP contribution in [0.2, 0.25) is 0 Å². The second-order valence-electron chi connectivity index (χ2n) is 8.93. The molecule has 0 saturated heterocycles. The van der Waals surface area contributed by atoms with Gasteiger partial charge in [0.25, 0.3) is 5.56 Å². The number of ether oxygens (including phenoxy) is 3. The smallest absolute Gasteiger partial charge is 0.343 e. The first-order chi connectivity index (χ1) is 18.5. The molecule has 0 fully saturated rings. The van der Waals surface area contributed by atoms with Crippen LogP contribution in [0, 0.1) is 0 Å². The predicted octanol–water partition coefficient (Wildman–Crippen LogP) is 5.16. The third kappa shape index (κ3) is 4.90. The Morgan fingerprint density at radius 2 is 2.13 bits per heavy atom. The fourth-order valence-electron chi connectivity index (χ4n) is 4.90. The molecule has 10 nitrogen and oxygen atoms in total. The van der Waals surface area contributed by atoms with Gasteiger partial charge in [-0.1, -0.05) is 51.8 Å². The average molecular weight is 554 g/mol. The van der Waals surface area contributed by atoms with Crippen molar-refractivity contribution in [1.29, 1.82) is 0 Å². The minimum atomic E-state index is -1.39. The van der Waals surface area contributed by atoms with Crippen LogP contribution in [0.4, 0.5) is 0 Å². The molecule has 12 heteroatoms. The number of azide groups is 1. The molecule has 38 heavy (non-hydrogen) atoms. The normalized spacial score (nSPS) is 18.3. The second kappa shape index (κ2) is 11.4. The lowest BCUT2D eigenvalue weighted by Crippen LogP contribution is -2.47. The topological polar surface area (TPSA) is 128 Å². The molecule has 5 rings (SSSR count). The lowest BCUT2D eigenvalue weighted by Gasteiger charge is -2.37. The second-order valence-corrected chi connectivity index (χ2v) is 11.7. The number of hydrogen-bond donors (Lipinski definition) is 0. The molecule has 2 aromatic heterocycles. The van der Waals surface area contributed by atoms with Crippen molar-refractivity contribution in [2.24, 2.45) is 5.11 Å². The first kappa shape index (κ1) is 26.6. The highest BCUT2D eigenvalue weighted by Gasteiger charge is 2.49. The largest absolute Gasteiger partial charge is 0.458 e. The van der Waals surface area contributed by atoms with Gasteiger partial charge in [-0.3, -0.25) is 4.79 Å². The number of para-hydroxylation sites is 1. The Labute approximate surface area is 227 Å². The van der Waals surface area contributed by atoms with Gasteiger partial charge >= 0.3 is 5.97 Å². The van der Waals surface area contributed by atoms with Gasteiger partial charge in [-0.05, 0) is 37.1 Å². The molecule has 0 aliphatic carbocycles. The Balaban J connectivity index is 1.40. The van der Waals surface area contributed by atoms with Crippen LogP contribution in [0.5, 0.6) is 0 Å². The van der Waals surface area contributed by atoms with Gasteiger partial charge in [0.05, 0.1) is 42.2 Å². The SMILES string of the molecule is CC[C@@]1(OC(C)SSCCOCCN=[N+]=[N-])C(=O)OCc2c1cc1n(c2=O)Cc2cc3ccccc3nc2-1. The molecule has 0 saturated carbocycles. The highest BCUT2D eigenvalue weighted by molar-refractivity contribution is 8.76. The number of carbonyl (C=O) groups is 1. The summed E-state index contributed by atoms with van der Waals surface area (Å²) in [5.74, 6) is 0.209. The number of benzene rings is 1. The van der Waals surface area contributed by atoms with E-state index in [1.54, 1.807) is 15.4 Å². The lowest BCUT2D eigenvalue weighted by molar-refractivity contribution is -0.182. The first-order valence-corrected chi connectivity index (χ1v) is 14.7. The van der Waals surface area contributed by atoms with E-state index in [1.165, 1.54) is 10.8 Å². The fraction of sp³-hybridized carbons (Fsp3) is 0.423. The van der Waals surface area contributed by atoms with Gasteiger partial charge < -0.3 is 18.8 Å². The van der Waals surface area contributed by atoms with Crippen LogP contribution in [-0.4, -0.2) is 46.5 Å². The Kier molecular flexibility index (Phi) is 7.96. The number of carbonyl (C=O) groups excluding carboxylic acids is 1. The Morgan fingerprint density at radius 3 is 2.95 bits per heavy atom. The number of nitrogens with zero attached hydrogens (tertiary/aromatic N) is 5. The van der Waals surface area contributed by atoms with Crippen molar-refractivity contribution in [2.75, 3.05) is 25.5 Å². The van der Waals surface area contributed by atoms with Crippen molar-refractivity contribution in [1.82, 2.24) is 9.55 Å². The maximum Gasteiger partial charge on any atom is 0.343 e. The zero-order valence-electron chi connectivity index (χ0n) is 21.1. The standard InChI is InChI=1S/C26H27N5O5S2/c1-3-26(36-16(2)38-37-11-10-34-9-8-28-30-27)20-13-22-23-18(12-17-6-4-5-7-21(17)29-23)14-31(22)24(32)19(20)15-35-25(26)33/h4-7,12-13,16H,3,8-11,14-15H2,1-2H3/t16?,26-/m0/s1. The van der Waals surface area contributed by atoms with E-state index >= 15 is 0 Å². The van der Waals surface area contributed by atoms with E-state index in [-0.39, 0.29) is 17.6 Å². The fourth-order valence-corrected chi connectivity index (χ4v) is 6.76. The average Bonchev–Trinajstić information content (AvgIpc) is 3.28. The van der Waals surface area contributed by atoms with E-state index in [9.17, 15) is 9.59 Å². The molecular formula is C26H27N5O5S2. The molecule has 0 radical (unpaired) electrons. The highest BCUT2D eigenvalue weighted by Crippen LogP contribution is 2.43. The Hall–Kier alpha value is -3.02. The summed E-state index contributed by atoms with van der Waals surface area (Å²) in [5.41, 5.74) is 10.6. The summed E-state index contributed by atoms with van der Waals surface area (Å²) in [6, 6.07) is 11.8. The molecule has 2 aliphatic heterocycles. The summed E-state index contributed by atoms with van der Waals surface area (Å²) in [5, 5.41) is 4.45. The summed E-state index contributed by atoms with van der Waals surface area (Å²) in [6.07, 6.45) is 0.317. The van der Waals surface area contributed by atoms with Gasteiger partial charge in [-0.15, -0.1) is 0 Å². The quantitative estimate of drug-likeness (QED) is 0.0474. The number of hydrogen-bond acceptors (Lipinski definition) is 9. The number of pyridine rings is 2. The van der Waals surface area contributed by atoms with Crippen LogP contribution in [0.3, 0.4) is 0 Å². The van der Waals surface area contributed by atoms with Crippen LogP contribution in [-0.2, 0) is 37.8 Å². The molecule has 198 valence electrons. The van der Waals surface area contributed by atoms with Crippen LogP contribution in [0.15, 0.2) is 46.3 Å². The van der Waals surface area contributed by atoms with Gasteiger partial charge in [0, 0.05) is 33.7 Å². The van der Waals surface area contributed by atoms with E-state index in [2.05, 4.69) is 16.1 Å².